The second-order valence-electron chi connectivity index (χ2n) is 2.95. The first-order chi connectivity index (χ1) is 7.16. The summed E-state index contributed by atoms with van der Waals surface area (Å²) in [4.78, 5) is 0.326. The topological polar surface area (TPSA) is 38.0 Å². The van der Waals surface area contributed by atoms with E-state index in [-0.39, 0.29) is 0 Å². The van der Waals surface area contributed by atoms with E-state index >= 15 is 0 Å². The molecular weight excluding hydrogens is 248 g/mol. The van der Waals surface area contributed by atoms with Crippen molar-refractivity contribution < 1.29 is 0 Å². The summed E-state index contributed by atoms with van der Waals surface area (Å²) in [6, 6.07) is 5.60. The fraction of sp³-hybridized carbons (Fsp3) is 0.300. The Morgan fingerprint density at radius 2 is 2.33 bits per heavy atom. The van der Waals surface area contributed by atoms with Gasteiger partial charge in [0.15, 0.2) is 0 Å². The Hall–Kier alpha value is -0.450. The largest absolute Gasteiger partial charge is 0.389 e. The van der Waals surface area contributed by atoms with E-state index in [1.165, 1.54) is 0 Å². The van der Waals surface area contributed by atoms with Gasteiger partial charge in [-0.2, -0.15) is 11.8 Å². The molecule has 0 aliphatic rings. The van der Waals surface area contributed by atoms with Crippen LogP contribution in [-0.2, 0) is 0 Å². The van der Waals surface area contributed by atoms with Crippen LogP contribution in [0.25, 0.3) is 0 Å². The van der Waals surface area contributed by atoms with E-state index < -0.39 is 0 Å². The number of rotatable bonds is 5. The van der Waals surface area contributed by atoms with Gasteiger partial charge in [-0.25, -0.2) is 0 Å². The van der Waals surface area contributed by atoms with Gasteiger partial charge in [0.1, 0.15) is 4.99 Å². The molecule has 0 fully saturated rings. The quantitative estimate of drug-likeness (QED) is 0.631. The molecule has 0 aromatic heterocycles. The summed E-state index contributed by atoms with van der Waals surface area (Å²) < 4.78 is 0. The zero-order valence-electron chi connectivity index (χ0n) is 8.42. The van der Waals surface area contributed by atoms with Crippen LogP contribution in [0.4, 0.5) is 5.69 Å². The van der Waals surface area contributed by atoms with Crippen molar-refractivity contribution in [2.24, 2.45) is 5.73 Å². The van der Waals surface area contributed by atoms with Crippen LogP contribution in [-0.4, -0.2) is 23.5 Å². The highest BCUT2D eigenvalue weighted by Crippen LogP contribution is 2.24. The van der Waals surface area contributed by atoms with Gasteiger partial charge in [-0.15, -0.1) is 0 Å². The highest BCUT2D eigenvalue weighted by molar-refractivity contribution is 7.98. The van der Waals surface area contributed by atoms with Crippen LogP contribution in [0.1, 0.15) is 5.56 Å². The maximum atomic E-state index is 6.02. The number of nitrogens with one attached hydrogen (secondary N) is 1. The molecule has 0 saturated carbocycles. The lowest BCUT2D eigenvalue weighted by molar-refractivity contribution is 1.23. The number of benzene rings is 1. The minimum atomic E-state index is 0.326. The van der Waals surface area contributed by atoms with Gasteiger partial charge in [0.25, 0.3) is 0 Å². The Morgan fingerprint density at radius 3 is 2.93 bits per heavy atom. The smallest absolute Gasteiger partial charge is 0.107 e. The molecule has 0 aliphatic carbocycles. The minimum Gasteiger partial charge on any atom is -0.389 e. The zero-order valence-corrected chi connectivity index (χ0v) is 10.8. The lowest BCUT2D eigenvalue weighted by Gasteiger charge is -2.11. The Balaban J connectivity index is 2.86. The molecule has 0 unspecified atom stereocenters. The van der Waals surface area contributed by atoms with E-state index in [1.807, 2.05) is 12.1 Å². The van der Waals surface area contributed by atoms with E-state index in [2.05, 4.69) is 11.6 Å². The lowest BCUT2D eigenvalue weighted by Crippen LogP contribution is -2.15. The van der Waals surface area contributed by atoms with Crippen molar-refractivity contribution >= 4 is 46.3 Å². The molecule has 15 heavy (non-hydrogen) atoms. The SMILES string of the molecule is CSCCNc1cccc(Cl)c1C(N)=S. The molecule has 0 saturated heterocycles. The maximum absolute atomic E-state index is 6.02. The summed E-state index contributed by atoms with van der Waals surface area (Å²) in [6.07, 6.45) is 2.06. The third-order valence-corrected chi connectivity index (χ3v) is 3.01. The van der Waals surface area contributed by atoms with Crippen molar-refractivity contribution in [2.75, 3.05) is 23.9 Å². The third-order valence-electron chi connectivity index (χ3n) is 1.88. The van der Waals surface area contributed by atoms with E-state index in [0.717, 1.165) is 23.5 Å². The number of anilines is 1. The molecule has 5 heteroatoms. The van der Waals surface area contributed by atoms with Crippen molar-refractivity contribution in [1.29, 1.82) is 0 Å². The summed E-state index contributed by atoms with van der Waals surface area (Å²) in [5.41, 5.74) is 7.26. The fourth-order valence-corrected chi connectivity index (χ4v) is 2.07. The number of hydrogen-bond donors (Lipinski definition) is 2. The molecule has 0 heterocycles. The molecule has 1 rings (SSSR count). The third kappa shape index (κ3) is 3.55. The monoisotopic (exact) mass is 260 g/mol. The van der Waals surface area contributed by atoms with Crippen molar-refractivity contribution in [3.8, 4) is 0 Å². The second kappa shape index (κ2) is 6.20. The Morgan fingerprint density at radius 1 is 1.60 bits per heavy atom. The number of thiocarbonyl (C=S) groups is 1. The van der Waals surface area contributed by atoms with Gasteiger partial charge >= 0.3 is 0 Å². The molecule has 1 aromatic carbocycles. The van der Waals surface area contributed by atoms with Crippen molar-refractivity contribution in [3.63, 3.8) is 0 Å². The highest BCUT2D eigenvalue weighted by atomic mass is 35.5. The van der Waals surface area contributed by atoms with Gasteiger partial charge in [0, 0.05) is 18.0 Å². The predicted molar refractivity (Wildman–Crippen MR) is 74.2 cm³/mol. The van der Waals surface area contributed by atoms with Crippen molar-refractivity contribution in [1.82, 2.24) is 0 Å². The number of hydrogen-bond acceptors (Lipinski definition) is 3. The number of thioether (sulfide) groups is 1. The normalized spacial score (nSPS) is 10.0. The van der Waals surface area contributed by atoms with Crippen LogP contribution < -0.4 is 11.1 Å². The Labute approximate surface area is 105 Å². The lowest BCUT2D eigenvalue weighted by atomic mass is 10.1. The van der Waals surface area contributed by atoms with Crippen LogP contribution in [0.5, 0.6) is 0 Å². The maximum Gasteiger partial charge on any atom is 0.107 e. The molecule has 82 valence electrons. The van der Waals surface area contributed by atoms with Crippen LogP contribution in [0.15, 0.2) is 18.2 Å². The molecule has 3 N–H and O–H groups in total. The molecule has 0 bridgehead atoms. The van der Waals surface area contributed by atoms with Crippen LogP contribution in [0.3, 0.4) is 0 Å². The fourth-order valence-electron chi connectivity index (χ4n) is 1.21. The van der Waals surface area contributed by atoms with E-state index in [1.54, 1.807) is 17.8 Å². The summed E-state index contributed by atoms with van der Waals surface area (Å²) in [5, 5.41) is 3.86. The van der Waals surface area contributed by atoms with Gasteiger partial charge in [-0.1, -0.05) is 29.9 Å². The molecule has 0 amide bonds. The van der Waals surface area contributed by atoms with Gasteiger partial charge in [0.05, 0.1) is 10.6 Å². The van der Waals surface area contributed by atoms with Crippen LogP contribution in [0.2, 0.25) is 5.02 Å². The van der Waals surface area contributed by atoms with Gasteiger partial charge in [-0.05, 0) is 18.4 Å². The average molecular weight is 261 g/mol. The van der Waals surface area contributed by atoms with Crippen molar-refractivity contribution in [3.05, 3.63) is 28.8 Å². The van der Waals surface area contributed by atoms with E-state index in [4.69, 9.17) is 29.6 Å². The van der Waals surface area contributed by atoms with Crippen LogP contribution in [0, 0.1) is 0 Å². The molecular formula is C10H13ClN2S2. The Bertz CT molecular complexity index is 355. The highest BCUT2D eigenvalue weighted by Gasteiger charge is 2.08. The average Bonchev–Trinajstić information content (AvgIpc) is 2.17. The summed E-state index contributed by atoms with van der Waals surface area (Å²) in [6.45, 7) is 0.872. The Kier molecular flexibility index (Phi) is 5.22. The molecule has 1 aromatic rings. The standard InChI is InChI=1S/C10H13ClN2S2/c1-15-6-5-13-8-4-2-3-7(11)9(8)10(12)14/h2-4,13H,5-6H2,1H3,(H2,12,14). The van der Waals surface area contributed by atoms with E-state index in [9.17, 15) is 0 Å². The molecule has 2 nitrogen and oxygen atoms in total. The second-order valence-corrected chi connectivity index (χ2v) is 4.78. The van der Waals surface area contributed by atoms with Crippen molar-refractivity contribution in [2.45, 2.75) is 0 Å². The summed E-state index contributed by atoms with van der Waals surface area (Å²) >= 11 is 12.8. The molecule has 0 aliphatic heterocycles. The van der Waals surface area contributed by atoms with Gasteiger partial charge in [-0.3, -0.25) is 0 Å². The predicted octanol–water partition coefficient (Wildman–Crippen LogP) is 2.75. The first-order valence-corrected chi connectivity index (χ1v) is 6.66. The van der Waals surface area contributed by atoms with Crippen LogP contribution >= 0.6 is 35.6 Å². The van der Waals surface area contributed by atoms with E-state index in [0.29, 0.717) is 10.0 Å². The summed E-state index contributed by atoms with van der Waals surface area (Å²) in [7, 11) is 0. The first-order valence-electron chi connectivity index (χ1n) is 4.48. The van der Waals surface area contributed by atoms with Gasteiger partial charge in [0.2, 0.25) is 0 Å². The van der Waals surface area contributed by atoms with Gasteiger partial charge < -0.3 is 11.1 Å². The number of halogens is 1. The summed E-state index contributed by atoms with van der Waals surface area (Å²) in [5.74, 6) is 1.03. The first kappa shape index (κ1) is 12.6. The number of nitrogens with two attached hydrogens (primary N) is 1. The molecule has 0 spiro atoms. The molecule has 0 radical (unpaired) electrons. The zero-order chi connectivity index (χ0) is 11.3. The molecule has 0 atom stereocenters. The minimum absolute atomic E-state index is 0.326.